The molecular formula is C19H32FIN4O2. The van der Waals surface area contributed by atoms with Gasteiger partial charge in [-0.2, -0.15) is 0 Å². The molecular weight excluding hydrogens is 462 g/mol. The van der Waals surface area contributed by atoms with Crippen LogP contribution in [0.25, 0.3) is 0 Å². The van der Waals surface area contributed by atoms with E-state index in [9.17, 15) is 9.18 Å². The van der Waals surface area contributed by atoms with E-state index in [0.717, 1.165) is 0 Å². The minimum absolute atomic E-state index is 0. The van der Waals surface area contributed by atoms with Gasteiger partial charge >= 0.3 is 0 Å². The van der Waals surface area contributed by atoms with Crippen LogP contribution in [-0.2, 0) is 4.79 Å². The monoisotopic (exact) mass is 494 g/mol. The highest BCUT2D eigenvalue weighted by atomic mass is 127. The van der Waals surface area contributed by atoms with E-state index in [-0.39, 0.29) is 59.6 Å². The van der Waals surface area contributed by atoms with Crippen LogP contribution in [0.5, 0.6) is 5.75 Å². The minimum atomic E-state index is -0.384. The fourth-order valence-electron chi connectivity index (χ4n) is 2.15. The molecule has 0 fully saturated rings. The quantitative estimate of drug-likeness (QED) is 0.295. The third-order valence-corrected chi connectivity index (χ3v) is 3.32. The zero-order valence-electron chi connectivity index (χ0n) is 16.8. The molecule has 154 valence electrons. The van der Waals surface area contributed by atoms with Crippen molar-refractivity contribution in [3.05, 3.63) is 30.1 Å². The number of rotatable bonds is 8. The smallest absolute Gasteiger partial charge is 0.242 e. The molecule has 8 heteroatoms. The average Bonchev–Trinajstić information content (AvgIpc) is 2.56. The number of hydrogen-bond donors (Lipinski definition) is 3. The summed E-state index contributed by atoms with van der Waals surface area (Å²) in [6, 6.07) is 6.33. The number of para-hydroxylation sites is 1. The molecule has 6 nitrogen and oxygen atoms in total. The number of carbonyl (C=O) groups is 1. The molecule has 0 saturated carbocycles. The average molecular weight is 494 g/mol. The van der Waals surface area contributed by atoms with Crippen LogP contribution in [0.4, 0.5) is 4.39 Å². The molecule has 1 aromatic carbocycles. The number of nitrogens with zero attached hydrogens (tertiary/aromatic N) is 1. The lowest BCUT2D eigenvalue weighted by molar-refractivity contribution is -0.121. The van der Waals surface area contributed by atoms with Gasteiger partial charge in [0, 0.05) is 12.1 Å². The number of ether oxygens (including phenoxy) is 1. The SMILES string of the molecule is CCNC(=NCC(=O)NC(C)(C)C)NCC(CC)Oc1ccccc1F.I. The summed E-state index contributed by atoms with van der Waals surface area (Å²) in [4.78, 5) is 16.2. The fourth-order valence-corrected chi connectivity index (χ4v) is 2.15. The zero-order valence-corrected chi connectivity index (χ0v) is 19.1. The van der Waals surface area contributed by atoms with Crippen LogP contribution in [0.1, 0.15) is 41.0 Å². The highest BCUT2D eigenvalue weighted by Gasteiger charge is 2.14. The number of amides is 1. The molecule has 1 unspecified atom stereocenters. The molecule has 0 spiro atoms. The molecule has 1 atom stereocenters. The summed E-state index contributed by atoms with van der Waals surface area (Å²) in [5, 5.41) is 9.09. The maximum absolute atomic E-state index is 13.7. The van der Waals surface area contributed by atoms with Gasteiger partial charge in [0.25, 0.3) is 0 Å². The lowest BCUT2D eigenvalue weighted by atomic mass is 10.1. The van der Waals surface area contributed by atoms with E-state index in [2.05, 4.69) is 20.9 Å². The topological polar surface area (TPSA) is 74.8 Å². The van der Waals surface area contributed by atoms with Crippen molar-refractivity contribution in [2.45, 2.75) is 52.7 Å². The molecule has 0 radical (unpaired) electrons. The normalized spacial score (nSPS) is 12.6. The third-order valence-electron chi connectivity index (χ3n) is 3.32. The predicted octanol–water partition coefficient (Wildman–Crippen LogP) is 3.07. The molecule has 0 bridgehead atoms. The second-order valence-corrected chi connectivity index (χ2v) is 6.95. The molecule has 0 aliphatic carbocycles. The van der Waals surface area contributed by atoms with Crippen molar-refractivity contribution in [1.82, 2.24) is 16.0 Å². The summed E-state index contributed by atoms with van der Waals surface area (Å²) < 4.78 is 19.4. The number of benzene rings is 1. The first-order chi connectivity index (χ1) is 12.2. The Hall–Kier alpha value is -1.58. The van der Waals surface area contributed by atoms with E-state index in [1.807, 2.05) is 34.6 Å². The Balaban J connectivity index is 0.00000676. The van der Waals surface area contributed by atoms with Crippen LogP contribution in [0.2, 0.25) is 0 Å². The van der Waals surface area contributed by atoms with Crippen molar-refractivity contribution in [1.29, 1.82) is 0 Å². The van der Waals surface area contributed by atoms with Crippen LogP contribution in [0.3, 0.4) is 0 Å². The molecule has 1 amide bonds. The standard InChI is InChI=1S/C19H31FN4O2.HI/c1-6-14(26-16-11-9-8-10-15(16)20)12-22-18(21-7-2)23-13-17(25)24-19(3,4)5;/h8-11,14H,6-7,12-13H2,1-5H3,(H,24,25)(H2,21,22,23);1H. The van der Waals surface area contributed by atoms with Gasteiger partial charge in [0.1, 0.15) is 12.6 Å². The van der Waals surface area contributed by atoms with Crippen LogP contribution in [-0.4, -0.2) is 43.1 Å². The second-order valence-electron chi connectivity index (χ2n) is 6.95. The van der Waals surface area contributed by atoms with Crippen LogP contribution >= 0.6 is 24.0 Å². The molecule has 0 aliphatic heterocycles. The van der Waals surface area contributed by atoms with Gasteiger partial charge in [0.2, 0.25) is 5.91 Å². The number of nitrogens with one attached hydrogen (secondary N) is 3. The van der Waals surface area contributed by atoms with E-state index in [1.165, 1.54) is 6.07 Å². The Morgan fingerprint density at radius 1 is 1.22 bits per heavy atom. The highest BCUT2D eigenvalue weighted by Crippen LogP contribution is 2.17. The molecule has 0 aliphatic rings. The fraction of sp³-hybridized carbons (Fsp3) is 0.579. The number of hydrogen-bond acceptors (Lipinski definition) is 3. The molecule has 1 aromatic rings. The number of aliphatic imine (C=N–C) groups is 1. The molecule has 3 N–H and O–H groups in total. The van der Waals surface area contributed by atoms with Crippen molar-refractivity contribution in [2.75, 3.05) is 19.6 Å². The lowest BCUT2D eigenvalue weighted by Gasteiger charge is -2.21. The summed E-state index contributed by atoms with van der Waals surface area (Å²) in [7, 11) is 0. The van der Waals surface area contributed by atoms with Gasteiger partial charge in [-0.15, -0.1) is 24.0 Å². The zero-order chi connectivity index (χ0) is 19.6. The lowest BCUT2D eigenvalue weighted by Crippen LogP contribution is -2.44. The van der Waals surface area contributed by atoms with E-state index < -0.39 is 0 Å². The number of guanidine groups is 1. The Bertz CT molecular complexity index is 606. The Morgan fingerprint density at radius 2 is 1.89 bits per heavy atom. The van der Waals surface area contributed by atoms with Gasteiger partial charge in [-0.25, -0.2) is 9.38 Å². The third kappa shape index (κ3) is 11.0. The van der Waals surface area contributed by atoms with Gasteiger partial charge in [-0.3, -0.25) is 4.79 Å². The Morgan fingerprint density at radius 3 is 2.44 bits per heavy atom. The van der Waals surface area contributed by atoms with E-state index in [0.29, 0.717) is 25.5 Å². The minimum Gasteiger partial charge on any atom is -0.486 e. The number of carbonyl (C=O) groups excluding carboxylic acids is 1. The maximum atomic E-state index is 13.7. The first kappa shape index (κ1) is 25.4. The molecule has 1 rings (SSSR count). The van der Waals surface area contributed by atoms with Crippen LogP contribution < -0.4 is 20.7 Å². The first-order valence-corrected chi connectivity index (χ1v) is 8.99. The van der Waals surface area contributed by atoms with Gasteiger partial charge < -0.3 is 20.7 Å². The summed E-state index contributed by atoms with van der Waals surface area (Å²) in [6.07, 6.45) is 0.477. The summed E-state index contributed by atoms with van der Waals surface area (Å²) in [5.74, 6) is 0.217. The Labute approximate surface area is 178 Å². The highest BCUT2D eigenvalue weighted by molar-refractivity contribution is 14.0. The van der Waals surface area contributed by atoms with Gasteiger partial charge in [-0.1, -0.05) is 19.1 Å². The van der Waals surface area contributed by atoms with Crippen molar-refractivity contribution >= 4 is 35.8 Å². The number of halogens is 2. The largest absolute Gasteiger partial charge is 0.486 e. The maximum Gasteiger partial charge on any atom is 0.242 e. The van der Waals surface area contributed by atoms with Crippen molar-refractivity contribution < 1.29 is 13.9 Å². The molecule has 0 heterocycles. The van der Waals surface area contributed by atoms with Crippen LogP contribution in [0, 0.1) is 5.82 Å². The van der Waals surface area contributed by atoms with Gasteiger partial charge in [0.05, 0.1) is 6.54 Å². The van der Waals surface area contributed by atoms with Crippen molar-refractivity contribution in [2.24, 2.45) is 4.99 Å². The summed E-state index contributed by atoms with van der Waals surface area (Å²) in [5.41, 5.74) is -0.292. The van der Waals surface area contributed by atoms with Crippen molar-refractivity contribution in [3.63, 3.8) is 0 Å². The first-order valence-electron chi connectivity index (χ1n) is 8.99. The van der Waals surface area contributed by atoms with Crippen molar-refractivity contribution in [3.8, 4) is 5.75 Å². The van der Waals surface area contributed by atoms with Gasteiger partial charge in [0.15, 0.2) is 17.5 Å². The molecule has 0 saturated heterocycles. The van der Waals surface area contributed by atoms with E-state index in [1.54, 1.807) is 18.2 Å². The second kappa shape index (κ2) is 12.7. The van der Waals surface area contributed by atoms with E-state index >= 15 is 0 Å². The van der Waals surface area contributed by atoms with Crippen LogP contribution in [0.15, 0.2) is 29.3 Å². The predicted molar refractivity (Wildman–Crippen MR) is 118 cm³/mol. The van der Waals surface area contributed by atoms with Gasteiger partial charge in [-0.05, 0) is 46.2 Å². The van der Waals surface area contributed by atoms with E-state index in [4.69, 9.17) is 4.74 Å². The molecule has 0 aromatic heterocycles. The Kier molecular flexibility index (Phi) is 12.0. The molecule has 27 heavy (non-hydrogen) atoms. The summed E-state index contributed by atoms with van der Waals surface area (Å²) >= 11 is 0. The summed E-state index contributed by atoms with van der Waals surface area (Å²) in [6.45, 7) is 10.8.